The number of fused-ring (bicyclic) bond motifs is 5. The second kappa shape index (κ2) is 5.42. The first-order valence-electron chi connectivity index (χ1n) is 9.43. The smallest absolute Gasteiger partial charge is 0.155 e. The van der Waals surface area contributed by atoms with E-state index >= 15 is 0 Å². The Morgan fingerprint density at radius 1 is 1.17 bits per heavy atom. The number of methoxy groups -OCH3 is 1. The molecule has 0 heterocycles. The molecule has 0 spiro atoms. The van der Waals surface area contributed by atoms with Gasteiger partial charge in [-0.3, -0.25) is 4.79 Å². The molecular weight excluding hydrogens is 288 g/mol. The van der Waals surface area contributed by atoms with E-state index in [1.807, 2.05) is 13.2 Å². The van der Waals surface area contributed by atoms with Crippen LogP contribution < -0.4 is 0 Å². The summed E-state index contributed by atoms with van der Waals surface area (Å²) >= 11 is 0. The van der Waals surface area contributed by atoms with Gasteiger partial charge in [0.1, 0.15) is 0 Å². The molecule has 3 saturated carbocycles. The van der Waals surface area contributed by atoms with Crippen LogP contribution in [0.5, 0.6) is 0 Å². The van der Waals surface area contributed by atoms with Gasteiger partial charge in [0, 0.05) is 18.9 Å². The topological polar surface area (TPSA) is 46.5 Å². The number of ether oxygens (including phenoxy) is 1. The van der Waals surface area contributed by atoms with Crippen molar-refractivity contribution < 1.29 is 14.6 Å². The molecule has 4 rings (SSSR count). The van der Waals surface area contributed by atoms with Gasteiger partial charge < -0.3 is 9.84 Å². The van der Waals surface area contributed by atoms with Crippen molar-refractivity contribution in [3.63, 3.8) is 0 Å². The van der Waals surface area contributed by atoms with Crippen molar-refractivity contribution in [2.75, 3.05) is 13.7 Å². The highest BCUT2D eigenvalue weighted by Gasteiger charge is 2.60. The minimum atomic E-state index is -0.0939. The Labute approximate surface area is 139 Å². The standard InChI is InChI=1S/C20H30O3/c1-19-9-8-17-15(16(19)5-6-18(19)23-2)4-3-13-11-14(22)7-10-20(13,17)12-21/h11,15-18,21H,3-10,12H2,1-2H3/t15?,16-,17-,18?,19?,20?/m0/s1. The zero-order valence-electron chi connectivity index (χ0n) is 14.5. The number of hydrogen-bond acceptors (Lipinski definition) is 3. The van der Waals surface area contributed by atoms with Crippen molar-refractivity contribution in [3.05, 3.63) is 11.6 Å². The molecule has 23 heavy (non-hydrogen) atoms. The molecule has 0 aliphatic heterocycles. The average Bonchev–Trinajstić information content (AvgIpc) is 2.90. The zero-order chi connectivity index (χ0) is 16.2. The molecule has 4 unspecified atom stereocenters. The van der Waals surface area contributed by atoms with Gasteiger partial charge in [-0.25, -0.2) is 0 Å². The molecule has 6 atom stereocenters. The first-order chi connectivity index (χ1) is 11.0. The van der Waals surface area contributed by atoms with Crippen molar-refractivity contribution in [1.82, 2.24) is 0 Å². The maximum atomic E-state index is 11.9. The van der Waals surface area contributed by atoms with E-state index in [0.717, 1.165) is 18.8 Å². The Balaban J connectivity index is 1.69. The molecule has 0 saturated heterocycles. The highest BCUT2D eigenvalue weighted by molar-refractivity contribution is 5.91. The van der Waals surface area contributed by atoms with Gasteiger partial charge in [0.25, 0.3) is 0 Å². The monoisotopic (exact) mass is 318 g/mol. The first-order valence-corrected chi connectivity index (χ1v) is 9.43. The SMILES string of the molecule is COC1CC[C@H]2C3CCC4=CC(=O)CCC4(CO)[C@H]3CCC12C. The molecule has 1 N–H and O–H groups in total. The molecule has 4 aliphatic carbocycles. The van der Waals surface area contributed by atoms with Crippen molar-refractivity contribution in [2.45, 2.75) is 64.4 Å². The van der Waals surface area contributed by atoms with Gasteiger partial charge in [-0.05, 0) is 74.2 Å². The third-order valence-corrected chi connectivity index (χ3v) is 8.17. The highest BCUT2D eigenvalue weighted by Crippen LogP contribution is 2.65. The van der Waals surface area contributed by atoms with Crippen LogP contribution in [0, 0.1) is 28.6 Å². The number of carbonyl (C=O) groups is 1. The minimum Gasteiger partial charge on any atom is -0.395 e. The van der Waals surface area contributed by atoms with Crippen molar-refractivity contribution in [3.8, 4) is 0 Å². The van der Waals surface area contributed by atoms with Crippen LogP contribution in [0.2, 0.25) is 0 Å². The Morgan fingerprint density at radius 3 is 2.74 bits per heavy atom. The summed E-state index contributed by atoms with van der Waals surface area (Å²) in [7, 11) is 1.87. The van der Waals surface area contributed by atoms with E-state index in [0.29, 0.717) is 29.8 Å². The van der Waals surface area contributed by atoms with Gasteiger partial charge in [-0.15, -0.1) is 0 Å². The molecule has 0 aromatic heterocycles. The molecule has 0 radical (unpaired) electrons. The van der Waals surface area contributed by atoms with Gasteiger partial charge in [-0.1, -0.05) is 12.5 Å². The summed E-state index contributed by atoms with van der Waals surface area (Å²) in [4.78, 5) is 11.9. The van der Waals surface area contributed by atoms with Crippen molar-refractivity contribution in [2.24, 2.45) is 28.6 Å². The van der Waals surface area contributed by atoms with E-state index in [1.54, 1.807) is 0 Å². The summed E-state index contributed by atoms with van der Waals surface area (Å²) in [5.74, 6) is 2.26. The number of aliphatic hydroxyl groups is 1. The lowest BCUT2D eigenvalue weighted by atomic mass is 9.47. The minimum absolute atomic E-state index is 0.0939. The second-order valence-electron chi connectivity index (χ2n) is 8.71. The van der Waals surface area contributed by atoms with Gasteiger partial charge in [0.05, 0.1) is 12.7 Å². The Kier molecular flexibility index (Phi) is 3.73. The van der Waals surface area contributed by atoms with Crippen molar-refractivity contribution in [1.29, 1.82) is 0 Å². The number of hydrogen-bond donors (Lipinski definition) is 1. The fraction of sp³-hybridized carbons (Fsp3) is 0.850. The predicted octanol–water partition coefficient (Wildman–Crippen LogP) is 3.51. The Hall–Kier alpha value is -0.670. The van der Waals surface area contributed by atoms with E-state index in [-0.39, 0.29) is 17.8 Å². The molecule has 3 fully saturated rings. The van der Waals surface area contributed by atoms with Crippen LogP contribution in [0.3, 0.4) is 0 Å². The lowest BCUT2D eigenvalue weighted by Gasteiger charge is -2.58. The third kappa shape index (κ3) is 2.05. The van der Waals surface area contributed by atoms with Gasteiger partial charge in [-0.2, -0.15) is 0 Å². The fourth-order valence-electron chi connectivity index (χ4n) is 7.00. The van der Waals surface area contributed by atoms with Crippen LogP contribution >= 0.6 is 0 Å². The van der Waals surface area contributed by atoms with Crippen LogP contribution in [-0.4, -0.2) is 30.7 Å². The van der Waals surface area contributed by atoms with E-state index in [1.165, 1.54) is 37.7 Å². The molecule has 0 bridgehead atoms. The van der Waals surface area contributed by atoms with Crippen LogP contribution in [-0.2, 0) is 9.53 Å². The lowest BCUT2D eigenvalue weighted by molar-refractivity contribution is -0.121. The summed E-state index contributed by atoms with van der Waals surface area (Å²) in [6.07, 6.45) is 10.8. The molecule has 0 aromatic rings. The highest BCUT2D eigenvalue weighted by atomic mass is 16.5. The summed E-state index contributed by atoms with van der Waals surface area (Å²) < 4.78 is 5.83. The number of rotatable bonds is 2. The molecule has 0 aromatic carbocycles. The van der Waals surface area contributed by atoms with Crippen molar-refractivity contribution >= 4 is 5.78 Å². The van der Waals surface area contributed by atoms with E-state index in [9.17, 15) is 9.90 Å². The molecule has 3 heteroatoms. The van der Waals surface area contributed by atoms with Crippen LogP contribution in [0.15, 0.2) is 11.6 Å². The fourth-order valence-corrected chi connectivity index (χ4v) is 7.00. The molecule has 4 aliphatic rings. The largest absolute Gasteiger partial charge is 0.395 e. The van der Waals surface area contributed by atoms with Crippen LogP contribution in [0.25, 0.3) is 0 Å². The normalized spacial score (nSPS) is 49.2. The first kappa shape index (κ1) is 15.8. The molecule has 3 nitrogen and oxygen atoms in total. The quantitative estimate of drug-likeness (QED) is 0.847. The molecular formula is C20H30O3. The Morgan fingerprint density at radius 2 is 2.00 bits per heavy atom. The maximum Gasteiger partial charge on any atom is 0.155 e. The second-order valence-corrected chi connectivity index (χ2v) is 8.71. The number of carbonyl (C=O) groups excluding carboxylic acids is 1. The summed E-state index contributed by atoms with van der Waals surface area (Å²) in [6, 6.07) is 0. The summed E-state index contributed by atoms with van der Waals surface area (Å²) in [5, 5.41) is 10.3. The van der Waals surface area contributed by atoms with Crippen LogP contribution in [0.4, 0.5) is 0 Å². The van der Waals surface area contributed by atoms with E-state index < -0.39 is 0 Å². The Bertz CT molecular complexity index is 539. The summed E-state index contributed by atoms with van der Waals surface area (Å²) in [5.41, 5.74) is 1.49. The molecule has 128 valence electrons. The maximum absolute atomic E-state index is 11.9. The molecule has 0 amide bonds. The van der Waals surface area contributed by atoms with Gasteiger partial charge in [0.15, 0.2) is 5.78 Å². The zero-order valence-corrected chi connectivity index (χ0v) is 14.5. The summed E-state index contributed by atoms with van der Waals surface area (Å²) in [6.45, 7) is 2.67. The van der Waals surface area contributed by atoms with E-state index in [4.69, 9.17) is 4.74 Å². The number of ketones is 1. The predicted molar refractivity (Wildman–Crippen MR) is 88.9 cm³/mol. The van der Waals surface area contributed by atoms with Gasteiger partial charge >= 0.3 is 0 Å². The lowest BCUT2D eigenvalue weighted by Crippen LogP contribution is -2.53. The third-order valence-electron chi connectivity index (χ3n) is 8.17. The van der Waals surface area contributed by atoms with Gasteiger partial charge in [0.2, 0.25) is 0 Å². The number of aliphatic hydroxyl groups excluding tert-OH is 1. The van der Waals surface area contributed by atoms with Crippen LogP contribution in [0.1, 0.15) is 58.3 Å². The van der Waals surface area contributed by atoms with E-state index in [2.05, 4.69) is 6.92 Å². The average molecular weight is 318 g/mol.